The van der Waals surface area contributed by atoms with Crippen LogP contribution in [0.2, 0.25) is 0 Å². The van der Waals surface area contributed by atoms with E-state index in [1.807, 2.05) is 5.32 Å². The standard InChI is InChI=1S/C16H23NO10/c1-6(18)11(23)12-14(24,7(2)19)15(25,8(3)20)13(17-10(5)22)16(26,27-12)9(4)21/h11-13,23-26H,1-5H3,(H,17,22)/t11?,12-,13-,14-,15-,16-/m1/s1. The van der Waals surface area contributed by atoms with Gasteiger partial charge in [-0.1, -0.05) is 0 Å². The van der Waals surface area contributed by atoms with Crippen molar-refractivity contribution in [2.75, 3.05) is 0 Å². The van der Waals surface area contributed by atoms with Gasteiger partial charge in [0.1, 0.15) is 18.2 Å². The molecule has 0 bridgehead atoms. The van der Waals surface area contributed by atoms with E-state index >= 15 is 0 Å². The molecular weight excluding hydrogens is 366 g/mol. The van der Waals surface area contributed by atoms with Gasteiger partial charge in [0.05, 0.1) is 0 Å². The van der Waals surface area contributed by atoms with Gasteiger partial charge in [0, 0.05) is 13.8 Å². The van der Waals surface area contributed by atoms with Crippen molar-refractivity contribution in [3.05, 3.63) is 0 Å². The summed E-state index contributed by atoms with van der Waals surface area (Å²) in [4.78, 5) is 59.8. The molecule has 1 fully saturated rings. The van der Waals surface area contributed by atoms with E-state index in [4.69, 9.17) is 4.74 Å². The number of amides is 1. The highest BCUT2D eigenvalue weighted by Crippen LogP contribution is 2.45. The van der Waals surface area contributed by atoms with Crippen LogP contribution >= 0.6 is 0 Å². The molecule has 0 aliphatic carbocycles. The van der Waals surface area contributed by atoms with Gasteiger partial charge in [-0.15, -0.1) is 0 Å². The van der Waals surface area contributed by atoms with E-state index < -0.39 is 64.3 Å². The average molecular weight is 389 g/mol. The summed E-state index contributed by atoms with van der Waals surface area (Å²) in [5, 5.41) is 44.8. The van der Waals surface area contributed by atoms with E-state index in [-0.39, 0.29) is 0 Å². The Morgan fingerprint density at radius 1 is 0.852 bits per heavy atom. The molecule has 0 radical (unpaired) electrons. The lowest BCUT2D eigenvalue weighted by atomic mass is 9.63. The molecule has 11 nitrogen and oxygen atoms in total. The number of carbonyl (C=O) groups is 5. The van der Waals surface area contributed by atoms with Gasteiger partial charge in [-0.25, -0.2) is 0 Å². The Hall–Kier alpha value is -2.05. The fraction of sp³-hybridized carbons (Fsp3) is 0.688. The molecular formula is C16H23NO10. The highest BCUT2D eigenvalue weighted by molar-refractivity contribution is 6.02. The van der Waals surface area contributed by atoms with Gasteiger partial charge in [-0.3, -0.25) is 24.0 Å². The third kappa shape index (κ3) is 3.21. The van der Waals surface area contributed by atoms with Crippen molar-refractivity contribution in [1.82, 2.24) is 5.32 Å². The Morgan fingerprint density at radius 3 is 1.59 bits per heavy atom. The van der Waals surface area contributed by atoms with Crippen molar-refractivity contribution in [1.29, 1.82) is 0 Å². The number of ketones is 4. The van der Waals surface area contributed by atoms with Gasteiger partial charge < -0.3 is 30.5 Å². The first kappa shape index (κ1) is 23.0. The summed E-state index contributed by atoms with van der Waals surface area (Å²) < 4.78 is 5.03. The van der Waals surface area contributed by atoms with Crippen LogP contribution in [-0.4, -0.2) is 84.7 Å². The average Bonchev–Trinajstić information content (AvgIpc) is 2.53. The van der Waals surface area contributed by atoms with E-state index in [2.05, 4.69) is 0 Å². The second-order valence-corrected chi connectivity index (χ2v) is 6.63. The lowest BCUT2D eigenvalue weighted by molar-refractivity contribution is -0.344. The maximum atomic E-state index is 12.3. The molecule has 152 valence electrons. The van der Waals surface area contributed by atoms with Crippen molar-refractivity contribution < 1.29 is 49.1 Å². The third-order valence-electron chi connectivity index (χ3n) is 4.74. The topological polar surface area (TPSA) is 188 Å². The Labute approximate surface area is 154 Å². The number of aliphatic hydroxyl groups is 4. The van der Waals surface area contributed by atoms with Crippen molar-refractivity contribution in [2.24, 2.45) is 0 Å². The van der Waals surface area contributed by atoms with Gasteiger partial charge in [0.25, 0.3) is 5.79 Å². The van der Waals surface area contributed by atoms with Gasteiger partial charge in [-0.05, 0) is 20.8 Å². The van der Waals surface area contributed by atoms with Crippen LogP contribution in [0.5, 0.6) is 0 Å². The summed E-state index contributed by atoms with van der Waals surface area (Å²) in [6.45, 7) is 4.02. The first-order chi connectivity index (χ1) is 12.1. The van der Waals surface area contributed by atoms with Crippen LogP contribution in [0.3, 0.4) is 0 Å². The van der Waals surface area contributed by atoms with Crippen LogP contribution in [0.4, 0.5) is 0 Å². The molecule has 0 spiro atoms. The van der Waals surface area contributed by atoms with Crippen LogP contribution in [-0.2, 0) is 28.7 Å². The zero-order valence-corrected chi connectivity index (χ0v) is 15.5. The number of nitrogens with one attached hydrogen (secondary N) is 1. The molecule has 0 aromatic heterocycles. The van der Waals surface area contributed by atoms with Gasteiger partial charge in [0.2, 0.25) is 5.91 Å². The molecule has 11 heteroatoms. The van der Waals surface area contributed by atoms with Crippen LogP contribution in [0.15, 0.2) is 0 Å². The van der Waals surface area contributed by atoms with Crippen LogP contribution in [0.25, 0.3) is 0 Å². The Kier molecular flexibility index (Phi) is 6.10. The summed E-state index contributed by atoms with van der Waals surface area (Å²) in [5.74, 6) is -9.01. The zero-order valence-electron chi connectivity index (χ0n) is 15.5. The fourth-order valence-electron chi connectivity index (χ4n) is 3.21. The summed E-state index contributed by atoms with van der Waals surface area (Å²) in [7, 11) is 0. The predicted octanol–water partition coefficient (Wildman–Crippen LogP) is -3.24. The molecule has 0 aromatic rings. The van der Waals surface area contributed by atoms with E-state index in [1.54, 1.807) is 0 Å². The predicted molar refractivity (Wildman–Crippen MR) is 86.1 cm³/mol. The second kappa shape index (κ2) is 7.17. The molecule has 1 aliphatic heterocycles. The van der Waals surface area contributed by atoms with Gasteiger partial charge in [0.15, 0.2) is 34.3 Å². The van der Waals surface area contributed by atoms with Crippen molar-refractivity contribution in [3.63, 3.8) is 0 Å². The lowest BCUT2D eigenvalue weighted by Crippen LogP contribution is -2.87. The minimum absolute atomic E-state index is 0.728. The quantitative estimate of drug-likeness (QED) is 0.309. The molecule has 6 atom stereocenters. The first-order valence-corrected chi connectivity index (χ1v) is 7.92. The van der Waals surface area contributed by atoms with Gasteiger partial charge in [-0.2, -0.15) is 0 Å². The van der Waals surface area contributed by atoms with Crippen molar-refractivity contribution in [2.45, 2.75) is 69.9 Å². The molecule has 0 saturated carbocycles. The smallest absolute Gasteiger partial charge is 0.251 e. The Balaban J connectivity index is 3.95. The summed E-state index contributed by atoms with van der Waals surface area (Å²) in [6, 6.07) is -2.32. The number of carbonyl (C=O) groups excluding carboxylic acids is 5. The number of aliphatic hydroxyl groups excluding tert-OH is 1. The van der Waals surface area contributed by atoms with Crippen LogP contribution in [0, 0.1) is 0 Å². The molecule has 27 heavy (non-hydrogen) atoms. The molecule has 0 aromatic carbocycles. The van der Waals surface area contributed by atoms with E-state index in [0.717, 1.165) is 34.6 Å². The molecule has 1 amide bonds. The minimum Gasteiger partial charge on any atom is -0.382 e. The monoisotopic (exact) mass is 389 g/mol. The molecule has 1 aliphatic rings. The second-order valence-electron chi connectivity index (χ2n) is 6.63. The molecule has 5 N–H and O–H groups in total. The number of rotatable bonds is 6. The zero-order chi connectivity index (χ0) is 21.5. The highest BCUT2D eigenvalue weighted by Gasteiger charge is 2.76. The van der Waals surface area contributed by atoms with Crippen LogP contribution in [0.1, 0.15) is 34.6 Å². The number of hydrogen-bond acceptors (Lipinski definition) is 10. The number of hydrogen-bond donors (Lipinski definition) is 5. The largest absolute Gasteiger partial charge is 0.382 e. The van der Waals surface area contributed by atoms with Crippen molar-refractivity contribution in [3.8, 4) is 0 Å². The molecule has 1 rings (SSSR count). The maximum absolute atomic E-state index is 12.3. The lowest BCUT2D eigenvalue weighted by Gasteiger charge is -2.57. The highest BCUT2D eigenvalue weighted by atomic mass is 16.7. The summed E-state index contributed by atoms with van der Waals surface area (Å²) in [6.07, 6.45) is -4.69. The summed E-state index contributed by atoms with van der Waals surface area (Å²) >= 11 is 0. The van der Waals surface area contributed by atoms with Crippen molar-refractivity contribution >= 4 is 29.0 Å². The van der Waals surface area contributed by atoms with E-state index in [9.17, 15) is 44.4 Å². The van der Waals surface area contributed by atoms with E-state index in [1.165, 1.54) is 0 Å². The number of Topliss-reactive ketones (excluding diaryl/α,β-unsaturated/α-hetero) is 4. The Morgan fingerprint density at radius 2 is 1.30 bits per heavy atom. The SMILES string of the molecule is CC(=O)N[C@@H]1[C@](O)(C(C)=O)[C@@](O)(C(C)=O)[C@@H](C(O)C(C)=O)O[C@]1(O)C(C)=O. The molecule has 1 saturated heterocycles. The van der Waals surface area contributed by atoms with Crippen LogP contribution < -0.4 is 5.32 Å². The Bertz CT molecular complexity index is 705. The fourth-order valence-corrected chi connectivity index (χ4v) is 3.21. The normalized spacial score (nSPS) is 37.2. The minimum atomic E-state index is -3.32. The third-order valence-corrected chi connectivity index (χ3v) is 4.74. The molecule has 1 heterocycles. The first-order valence-electron chi connectivity index (χ1n) is 7.92. The molecule has 1 unspecified atom stereocenters. The summed E-state index contributed by atoms with van der Waals surface area (Å²) in [5.41, 5.74) is -6.59. The number of ether oxygens (including phenoxy) is 1. The maximum Gasteiger partial charge on any atom is 0.251 e. The van der Waals surface area contributed by atoms with E-state index in [0.29, 0.717) is 0 Å². The van der Waals surface area contributed by atoms with Gasteiger partial charge >= 0.3 is 0 Å².